The molecule has 1 unspecified atom stereocenters. The Bertz CT molecular complexity index is 443. The average molecular weight is 265 g/mol. The summed E-state index contributed by atoms with van der Waals surface area (Å²) in [5.74, 6) is -0.940. The zero-order valence-electron chi connectivity index (χ0n) is 11.1. The molecular formula is C13H19N3O3. The van der Waals surface area contributed by atoms with E-state index in [1.807, 2.05) is 13.8 Å². The van der Waals surface area contributed by atoms with Crippen LogP contribution in [0.2, 0.25) is 0 Å². The molecule has 0 aliphatic carbocycles. The molecule has 104 valence electrons. The Labute approximate surface area is 112 Å². The molecule has 1 amide bonds. The number of nitrogens with two attached hydrogens (primary N) is 1. The zero-order valence-corrected chi connectivity index (χ0v) is 11.1. The fourth-order valence-electron chi connectivity index (χ4n) is 1.38. The minimum Gasteiger partial charge on any atom is -0.477 e. The first-order valence-electron chi connectivity index (χ1n) is 6.10. The van der Waals surface area contributed by atoms with Crippen molar-refractivity contribution in [3.8, 4) is 0 Å². The number of carboxylic acid groups (broad SMARTS) is 1. The maximum atomic E-state index is 11.6. The SMILES string of the molecule is CC(C)C(N)CC(=O)NCc1ccc(C(=O)O)nc1. The number of nitrogens with zero attached hydrogens (tertiary/aromatic N) is 1. The van der Waals surface area contributed by atoms with E-state index in [4.69, 9.17) is 10.8 Å². The van der Waals surface area contributed by atoms with E-state index in [1.165, 1.54) is 12.3 Å². The highest BCUT2D eigenvalue weighted by Gasteiger charge is 2.12. The standard InChI is InChI=1S/C13H19N3O3/c1-8(2)10(14)5-12(17)16-7-9-3-4-11(13(18)19)15-6-9/h3-4,6,8,10H,5,7,14H2,1-2H3,(H,16,17)(H,18,19). The second kappa shape index (κ2) is 6.84. The van der Waals surface area contributed by atoms with Crippen molar-refractivity contribution in [2.24, 2.45) is 11.7 Å². The van der Waals surface area contributed by atoms with E-state index in [-0.39, 0.29) is 30.0 Å². The van der Waals surface area contributed by atoms with E-state index in [2.05, 4.69) is 10.3 Å². The third kappa shape index (κ3) is 5.05. The minimum absolute atomic E-state index is 0.0168. The first-order valence-corrected chi connectivity index (χ1v) is 6.10. The van der Waals surface area contributed by atoms with Crippen LogP contribution in [-0.2, 0) is 11.3 Å². The Morgan fingerprint density at radius 3 is 2.58 bits per heavy atom. The highest BCUT2D eigenvalue weighted by Crippen LogP contribution is 2.04. The molecule has 0 aliphatic heterocycles. The van der Waals surface area contributed by atoms with Crippen molar-refractivity contribution in [3.63, 3.8) is 0 Å². The number of carbonyl (C=O) groups is 2. The number of aromatic nitrogens is 1. The van der Waals surface area contributed by atoms with Crippen molar-refractivity contribution in [1.82, 2.24) is 10.3 Å². The van der Waals surface area contributed by atoms with Crippen LogP contribution >= 0.6 is 0 Å². The van der Waals surface area contributed by atoms with Gasteiger partial charge in [-0.25, -0.2) is 9.78 Å². The summed E-state index contributed by atoms with van der Waals surface area (Å²) in [7, 11) is 0. The van der Waals surface area contributed by atoms with Crippen LogP contribution in [0.15, 0.2) is 18.3 Å². The molecule has 0 fully saturated rings. The molecule has 0 spiro atoms. The predicted octanol–water partition coefficient (Wildman–Crippen LogP) is 0.769. The van der Waals surface area contributed by atoms with Crippen LogP contribution in [0.5, 0.6) is 0 Å². The molecule has 0 saturated heterocycles. The van der Waals surface area contributed by atoms with Gasteiger partial charge >= 0.3 is 5.97 Å². The number of aromatic carboxylic acids is 1. The molecule has 1 aromatic rings. The zero-order chi connectivity index (χ0) is 14.4. The molecule has 0 bridgehead atoms. The van der Waals surface area contributed by atoms with Gasteiger partial charge in [0.05, 0.1) is 0 Å². The summed E-state index contributed by atoms with van der Waals surface area (Å²) in [4.78, 5) is 26.0. The van der Waals surface area contributed by atoms with Gasteiger partial charge in [-0.05, 0) is 17.5 Å². The number of carbonyl (C=O) groups excluding carboxylic acids is 1. The molecule has 1 rings (SSSR count). The van der Waals surface area contributed by atoms with Crippen molar-refractivity contribution < 1.29 is 14.7 Å². The van der Waals surface area contributed by atoms with E-state index in [1.54, 1.807) is 6.07 Å². The third-order valence-corrected chi connectivity index (χ3v) is 2.81. The summed E-state index contributed by atoms with van der Waals surface area (Å²) in [6, 6.07) is 2.87. The topological polar surface area (TPSA) is 105 Å². The largest absolute Gasteiger partial charge is 0.477 e. The third-order valence-electron chi connectivity index (χ3n) is 2.81. The van der Waals surface area contributed by atoms with Crippen molar-refractivity contribution >= 4 is 11.9 Å². The van der Waals surface area contributed by atoms with Gasteiger partial charge in [0.2, 0.25) is 5.91 Å². The van der Waals surface area contributed by atoms with Gasteiger partial charge in [0.15, 0.2) is 0 Å². The normalized spacial score (nSPS) is 12.2. The van der Waals surface area contributed by atoms with Gasteiger partial charge in [-0.1, -0.05) is 19.9 Å². The van der Waals surface area contributed by atoms with Crippen molar-refractivity contribution in [2.45, 2.75) is 32.9 Å². The van der Waals surface area contributed by atoms with Crippen LogP contribution in [0.3, 0.4) is 0 Å². The van der Waals surface area contributed by atoms with Gasteiger partial charge in [-0.15, -0.1) is 0 Å². The van der Waals surface area contributed by atoms with E-state index in [0.29, 0.717) is 6.54 Å². The Hall–Kier alpha value is -1.95. The Balaban J connectivity index is 2.44. The summed E-state index contributed by atoms with van der Waals surface area (Å²) in [5.41, 5.74) is 6.53. The Morgan fingerprint density at radius 2 is 2.11 bits per heavy atom. The lowest BCUT2D eigenvalue weighted by Crippen LogP contribution is -2.34. The van der Waals surface area contributed by atoms with E-state index in [0.717, 1.165) is 5.56 Å². The molecule has 0 saturated carbocycles. The number of nitrogens with one attached hydrogen (secondary N) is 1. The smallest absolute Gasteiger partial charge is 0.354 e. The molecule has 0 aromatic carbocycles. The second-order valence-corrected chi connectivity index (χ2v) is 4.75. The van der Waals surface area contributed by atoms with Gasteiger partial charge in [0.1, 0.15) is 5.69 Å². The predicted molar refractivity (Wildman–Crippen MR) is 70.5 cm³/mol. The van der Waals surface area contributed by atoms with Gasteiger partial charge in [0, 0.05) is 25.2 Å². The summed E-state index contributed by atoms with van der Waals surface area (Å²) in [6.45, 7) is 4.25. The van der Waals surface area contributed by atoms with Crippen LogP contribution in [0.4, 0.5) is 0 Å². The molecular weight excluding hydrogens is 246 g/mol. The molecule has 0 aliphatic rings. The lowest BCUT2D eigenvalue weighted by atomic mass is 10.0. The van der Waals surface area contributed by atoms with Crippen LogP contribution < -0.4 is 11.1 Å². The van der Waals surface area contributed by atoms with Crippen LogP contribution in [-0.4, -0.2) is 28.0 Å². The Morgan fingerprint density at radius 1 is 1.42 bits per heavy atom. The van der Waals surface area contributed by atoms with E-state index >= 15 is 0 Å². The van der Waals surface area contributed by atoms with Crippen LogP contribution in [0.25, 0.3) is 0 Å². The number of rotatable bonds is 6. The molecule has 0 radical (unpaired) electrons. The Kier molecular flexibility index (Phi) is 5.44. The van der Waals surface area contributed by atoms with E-state index < -0.39 is 5.97 Å². The highest BCUT2D eigenvalue weighted by molar-refractivity contribution is 5.85. The maximum absolute atomic E-state index is 11.6. The number of hydrogen-bond donors (Lipinski definition) is 3. The van der Waals surface area contributed by atoms with Crippen molar-refractivity contribution in [2.75, 3.05) is 0 Å². The summed E-state index contributed by atoms with van der Waals surface area (Å²) < 4.78 is 0. The maximum Gasteiger partial charge on any atom is 0.354 e. The molecule has 19 heavy (non-hydrogen) atoms. The van der Waals surface area contributed by atoms with Crippen molar-refractivity contribution in [3.05, 3.63) is 29.6 Å². The second-order valence-electron chi connectivity index (χ2n) is 4.75. The minimum atomic E-state index is -1.07. The summed E-state index contributed by atoms with van der Waals surface area (Å²) in [6.07, 6.45) is 1.71. The number of hydrogen-bond acceptors (Lipinski definition) is 4. The summed E-state index contributed by atoms with van der Waals surface area (Å²) >= 11 is 0. The molecule has 1 atom stereocenters. The first-order chi connectivity index (χ1) is 8.90. The summed E-state index contributed by atoms with van der Waals surface area (Å²) in [5, 5.41) is 11.4. The molecule has 1 aromatic heterocycles. The monoisotopic (exact) mass is 265 g/mol. The lowest BCUT2D eigenvalue weighted by Gasteiger charge is -2.14. The molecule has 1 heterocycles. The number of pyridine rings is 1. The fraction of sp³-hybridized carbons (Fsp3) is 0.462. The van der Waals surface area contributed by atoms with Crippen molar-refractivity contribution in [1.29, 1.82) is 0 Å². The quantitative estimate of drug-likeness (QED) is 0.704. The van der Waals surface area contributed by atoms with Gasteiger partial charge < -0.3 is 16.2 Å². The average Bonchev–Trinajstić information content (AvgIpc) is 2.36. The molecule has 4 N–H and O–H groups in total. The molecule has 6 nitrogen and oxygen atoms in total. The fourth-order valence-corrected chi connectivity index (χ4v) is 1.38. The number of carboxylic acids is 1. The van der Waals surface area contributed by atoms with Gasteiger partial charge in [-0.3, -0.25) is 4.79 Å². The van der Waals surface area contributed by atoms with Gasteiger partial charge in [0.25, 0.3) is 0 Å². The van der Waals surface area contributed by atoms with Gasteiger partial charge in [-0.2, -0.15) is 0 Å². The number of amides is 1. The lowest BCUT2D eigenvalue weighted by molar-refractivity contribution is -0.121. The highest BCUT2D eigenvalue weighted by atomic mass is 16.4. The first kappa shape index (κ1) is 15.1. The van der Waals surface area contributed by atoms with Crippen LogP contribution in [0.1, 0.15) is 36.3 Å². The van der Waals surface area contributed by atoms with E-state index in [9.17, 15) is 9.59 Å². The molecule has 6 heteroatoms. The van der Waals surface area contributed by atoms with Crippen LogP contribution in [0, 0.1) is 5.92 Å².